The molecule has 49 heavy (non-hydrogen) atoms. The Balaban J connectivity index is 0.000000144. The first-order valence-corrected chi connectivity index (χ1v) is 16.0. The summed E-state index contributed by atoms with van der Waals surface area (Å²) in [5.41, 5.74) is 10.0. The third-order valence-electron chi connectivity index (χ3n) is 8.26. The van der Waals surface area contributed by atoms with Crippen molar-refractivity contribution in [3.8, 4) is 16.9 Å². The Bertz CT molecular complexity index is 2010. The second-order valence-electron chi connectivity index (χ2n) is 12.0. The van der Waals surface area contributed by atoms with Gasteiger partial charge in [0, 0.05) is 53.2 Å². The van der Waals surface area contributed by atoms with E-state index in [-0.39, 0.29) is 17.3 Å². The lowest BCUT2D eigenvalue weighted by molar-refractivity contribution is 0.103. The van der Waals surface area contributed by atoms with E-state index in [1.165, 1.54) is 0 Å². The highest BCUT2D eigenvalue weighted by molar-refractivity contribution is 6.21. The molecule has 7 rings (SSSR count). The van der Waals surface area contributed by atoms with Crippen molar-refractivity contribution in [1.29, 1.82) is 0 Å². The Morgan fingerprint density at radius 3 is 1.14 bits per heavy atom. The molecule has 0 atom stereocenters. The van der Waals surface area contributed by atoms with Crippen LogP contribution in [-0.2, 0) is 0 Å². The molecule has 0 saturated heterocycles. The lowest BCUT2D eigenvalue weighted by atomic mass is 10.0. The second kappa shape index (κ2) is 15.7. The molecule has 5 heteroatoms. The molecule has 5 nitrogen and oxygen atoms in total. The second-order valence-corrected chi connectivity index (χ2v) is 12.0. The fraction of sp³-hybridized carbons (Fsp3) is 0.114. The number of methoxy groups -OCH3 is 1. The number of benzene rings is 6. The molecule has 6 aromatic rings. The molecule has 0 fully saturated rings. The first-order chi connectivity index (χ1) is 23.7. The summed E-state index contributed by atoms with van der Waals surface area (Å²) in [6, 6.07) is 45.6. The Labute approximate surface area is 288 Å². The predicted octanol–water partition coefficient (Wildman–Crippen LogP) is 9.42. The number of ketones is 3. The summed E-state index contributed by atoms with van der Waals surface area (Å²) < 4.78 is 5.06. The molecule has 0 N–H and O–H groups in total. The monoisotopic (exact) mass is 645 g/mol. The summed E-state index contributed by atoms with van der Waals surface area (Å²) in [7, 11) is 5.57. The van der Waals surface area contributed by atoms with E-state index in [1.54, 1.807) is 31.4 Å². The predicted molar refractivity (Wildman–Crippen MR) is 198 cm³/mol. The van der Waals surface area contributed by atoms with Gasteiger partial charge in [0.25, 0.3) is 0 Å². The molecular weight excluding hydrogens is 606 g/mol. The molecule has 244 valence electrons. The fourth-order valence-electron chi connectivity index (χ4n) is 5.37. The number of carbonyl (C=O) groups is 3. The number of rotatable bonds is 6. The van der Waals surface area contributed by atoms with Crippen LogP contribution in [0.1, 0.15) is 58.9 Å². The average molecular weight is 646 g/mol. The summed E-state index contributed by atoms with van der Waals surface area (Å²) in [5, 5.41) is 0. The zero-order chi connectivity index (χ0) is 34.9. The van der Waals surface area contributed by atoms with Crippen LogP contribution in [0, 0.1) is 13.8 Å². The van der Waals surface area contributed by atoms with Crippen molar-refractivity contribution in [2.24, 2.45) is 0 Å². The van der Waals surface area contributed by atoms with Crippen LogP contribution >= 0.6 is 0 Å². The highest BCUT2D eigenvalue weighted by Crippen LogP contribution is 2.35. The zero-order valence-electron chi connectivity index (χ0n) is 28.4. The zero-order valence-corrected chi connectivity index (χ0v) is 28.4. The van der Waals surface area contributed by atoms with E-state index >= 15 is 0 Å². The molecular formula is C44H39NO4. The van der Waals surface area contributed by atoms with Crippen LogP contribution in [0.25, 0.3) is 11.1 Å². The van der Waals surface area contributed by atoms with Crippen LogP contribution in [0.2, 0.25) is 0 Å². The van der Waals surface area contributed by atoms with Gasteiger partial charge in [0.15, 0.2) is 17.3 Å². The minimum atomic E-state index is 0.0349. The lowest BCUT2D eigenvalue weighted by Gasteiger charge is -2.12. The van der Waals surface area contributed by atoms with E-state index in [2.05, 4.69) is 0 Å². The Morgan fingerprint density at radius 1 is 0.469 bits per heavy atom. The first-order valence-electron chi connectivity index (χ1n) is 16.0. The largest absolute Gasteiger partial charge is 0.497 e. The van der Waals surface area contributed by atoms with Gasteiger partial charge in [-0.1, -0.05) is 108 Å². The third kappa shape index (κ3) is 8.27. The first kappa shape index (κ1) is 34.3. The number of carbonyl (C=O) groups excluding carboxylic acids is 3. The van der Waals surface area contributed by atoms with Gasteiger partial charge in [-0.15, -0.1) is 0 Å². The standard InChI is InChI=1S/C16H17NO.C15H14O2.C13H8O/c1-12-4-6-13(7-5-12)16(18)14-8-10-15(11-9-14)17(2)3;1-11-3-5-12(6-4-11)15(16)13-7-9-14(17-2)10-8-13;14-13-11-7-3-1-5-9(11)10-6-2-4-8-12(10)13/h4-11H,1-3H3;3-10H,1-2H3;1-8H. The minimum Gasteiger partial charge on any atom is -0.497 e. The number of nitrogens with zero attached hydrogens (tertiary/aromatic N) is 1. The maximum Gasteiger partial charge on any atom is 0.194 e. The molecule has 0 aromatic heterocycles. The number of ether oxygens (including phenoxy) is 1. The molecule has 0 saturated carbocycles. The van der Waals surface area contributed by atoms with Crippen molar-refractivity contribution in [2.45, 2.75) is 13.8 Å². The van der Waals surface area contributed by atoms with E-state index < -0.39 is 0 Å². The van der Waals surface area contributed by atoms with Crippen LogP contribution < -0.4 is 9.64 Å². The fourth-order valence-corrected chi connectivity index (χ4v) is 5.37. The minimum absolute atomic E-state index is 0.0349. The molecule has 1 aliphatic carbocycles. The van der Waals surface area contributed by atoms with E-state index in [0.717, 1.165) is 55.9 Å². The molecule has 0 aliphatic heterocycles. The molecule has 0 amide bonds. The van der Waals surface area contributed by atoms with Gasteiger partial charge >= 0.3 is 0 Å². The quantitative estimate of drug-likeness (QED) is 0.169. The topological polar surface area (TPSA) is 63.7 Å². The van der Waals surface area contributed by atoms with Gasteiger partial charge in [-0.3, -0.25) is 14.4 Å². The lowest BCUT2D eigenvalue weighted by Crippen LogP contribution is -2.09. The Hall–Kier alpha value is -6.07. The van der Waals surface area contributed by atoms with Gasteiger partial charge in [-0.05, 0) is 73.5 Å². The smallest absolute Gasteiger partial charge is 0.194 e. The van der Waals surface area contributed by atoms with E-state index in [0.29, 0.717) is 11.1 Å². The molecule has 6 aromatic carbocycles. The molecule has 0 spiro atoms. The molecule has 0 bridgehead atoms. The maximum atomic E-state index is 12.2. The molecule has 0 heterocycles. The van der Waals surface area contributed by atoms with Crippen LogP contribution in [0.4, 0.5) is 5.69 Å². The van der Waals surface area contributed by atoms with Crippen molar-refractivity contribution < 1.29 is 19.1 Å². The summed E-state index contributed by atoms with van der Waals surface area (Å²) in [6.45, 7) is 4.02. The maximum absolute atomic E-state index is 12.2. The van der Waals surface area contributed by atoms with Crippen LogP contribution in [0.3, 0.4) is 0 Å². The van der Waals surface area contributed by atoms with Crippen LogP contribution in [0.15, 0.2) is 146 Å². The Morgan fingerprint density at radius 2 is 0.796 bits per heavy atom. The number of hydrogen-bond acceptors (Lipinski definition) is 5. The van der Waals surface area contributed by atoms with Gasteiger partial charge in [0.05, 0.1) is 7.11 Å². The highest BCUT2D eigenvalue weighted by Gasteiger charge is 2.24. The summed E-state index contributed by atoms with van der Waals surface area (Å²) >= 11 is 0. The number of aryl methyl sites for hydroxylation is 2. The highest BCUT2D eigenvalue weighted by atomic mass is 16.5. The molecule has 0 unspecified atom stereocenters. The van der Waals surface area contributed by atoms with Crippen molar-refractivity contribution in [3.63, 3.8) is 0 Å². The van der Waals surface area contributed by atoms with Crippen LogP contribution in [-0.4, -0.2) is 38.6 Å². The third-order valence-corrected chi connectivity index (χ3v) is 8.26. The van der Waals surface area contributed by atoms with Crippen molar-refractivity contribution in [1.82, 2.24) is 0 Å². The van der Waals surface area contributed by atoms with Gasteiger partial charge < -0.3 is 9.64 Å². The summed E-state index contributed by atoms with van der Waals surface area (Å²) in [6.07, 6.45) is 0. The van der Waals surface area contributed by atoms with Gasteiger partial charge in [0.2, 0.25) is 0 Å². The molecule has 1 aliphatic rings. The SMILES string of the molecule is COc1ccc(C(=O)c2ccc(C)cc2)cc1.Cc1ccc(C(=O)c2ccc(N(C)C)cc2)cc1.O=C1c2ccccc2-c2ccccc21. The van der Waals surface area contributed by atoms with E-state index in [4.69, 9.17) is 4.74 Å². The van der Waals surface area contributed by atoms with Gasteiger partial charge in [0.1, 0.15) is 5.75 Å². The molecule has 0 radical (unpaired) electrons. The number of fused-ring (bicyclic) bond motifs is 3. The Kier molecular flexibility index (Phi) is 11.0. The van der Waals surface area contributed by atoms with Gasteiger partial charge in [-0.2, -0.15) is 0 Å². The van der Waals surface area contributed by atoms with Crippen LogP contribution in [0.5, 0.6) is 5.75 Å². The van der Waals surface area contributed by atoms with Crippen molar-refractivity contribution in [2.75, 3.05) is 26.1 Å². The summed E-state index contributed by atoms with van der Waals surface area (Å²) in [4.78, 5) is 38.2. The normalized spacial score (nSPS) is 10.8. The average Bonchev–Trinajstić information content (AvgIpc) is 3.44. The van der Waals surface area contributed by atoms with E-state index in [9.17, 15) is 14.4 Å². The van der Waals surface area contributed by atoms with Gasteiger partial charge in [-0.25, -0.2) is 0 Å². The summed E-state index contributed by atoms with van der Waals surface area (Å²) in [5.74, 6) is 1.01. The van der Waals surface area contributed by atoms with Crippen molar-refractivity contribution in [3.05, 3.63) is 190 Å². The number of anilines is 1. The van der Waals surface area contributed by atoms with Crippen molar-refractivity contribution >= 4 is 23.0 Å². The van der Waals surface area contributed by atoms with E-state index in [1.807, 2.05) is 154 Å². The number of hydrogen-bond donors (Lipinski definition) is 0.